The van der Waals surface area contributed by atoms with Crippen LogP contribution in [0.3, 0.4) is 0 Å². The molecule has 3 N–H and O–H groups in total. The summed E-state index contributed by atoms with van der Waals surface area (Å²) in [4.78, 5) is 17.6. The lowest BCUT2D eigenvalue weighted by atomic mass is 10.0. The van der Waals surface area contributed by atoms with Gasteiger partial charge in [-0.05, 0) is 66.1 Å². The molecule has 1 aromatic heterocycles. The highest BCUT2D eigenvalue weighted by Gasteiger charge is 2.19. The van der Waals surface area contributed by atoms with Gasteiger partial charge in [0.1, 0.15) is 11.7 Å². The van der Waals surface area contributed by atoms with Gasteiger partial charge in [0.2, 0.25) is 0 Å². The number of phenols is 1. The Balaban J connectivity index is 0.00000241. The van der Waals surface area contributed by atoms with Gasteiger partial charge in [-0.1, -0.05) is 6.07 Å². The summed E-state index contributed by atoms with van der Waals surface area (Å²) < 4.78 is 5.13. The number of phenolic OH excluding ortho intramolecular Hbond substituents is 1. The molecule has 0 aliphatic carbocycles. The average Bonchev–Trinajstić information content (AvgIpc) is 3.48. The van der Waals surface area contributed by atoms with E-state index in [-0.39, 0.29) is 18.2 Å². The normalized spacial score (nSPS) is 14.6. The van der Waals surface area contributed by atoms with Crippen molar-refractivity contribution in [3.8, 4) is 22.9 Å². The largest absolute Gasteiger partial charge is 0.504 e. The van der Waals surface area contributed by atoms with Crippen molar-refractivity contribution in [1.82, 2.24) is 15.3 Å². The zero-order valence-electron chi connectivity index (χ0n) is 18.6. The molecule has 0 spiro atoms. The van der Waals surface area contributed by atoms with Gasteiger partial charge >= 0.3 is 0 Å². The van der Waals surface area contributed by atoms with Crippen molar-refractivity contribution in [2.24, 2.45) is 9.98 Å². The maximum absolute atomic E-state index is 10.1. The number of benzene rings is 3. The van der Waals surface area contributed by atoms with Crippen LogP contribution in [-0.2, 0) is 6.42 Å². The second-order valence-corrected chi connectivity index (χ2v) is 8.29. The third kappa shape index (κ3) is 3.88. The standard InChI is InChI=1S/C26H23N5O2.ClH/c1-33-24-8-5-17(14-23(24)32)26-30-20-7-3-15(12-22(20)31-26)21-13-18-11-16(4-6-19(18)29-21)25-27-9-2-10-28-25;/h3-8,11-12,14,32H,2,9-10,13H2,1H3,(H,27,28)(H,30,31);1H. The molecule has 0 fully saturated rings. The molecule has 34 heavy (non-hydrogen) atoms. The number of hydrogen-bond donors (Lipinski definition) is 3. The number of H-pyrrole nitrogens is 1. The Kier molecular flexibility index (Phi) is 5.71. The smallest absolute Gasteiger partial charge is 0.160 e. The molecule has 0 bridgehead atoms. The van der Waals surface area contributed by atoms with Gasteiger partial charge in [-0.3, -0.25) is 9.98 Å². The molecule has 7 nitrogen and oxygen atoms in total. The van der Waals surface area contributed by atoms with Crippen molar-refractivity contribution in [2.75, 3.05) is 20.2 Å². The summed E-state index contributed by atoms with van der Waals surface area (Å²) >= 11 is 0. The number of aliphatic imine (C=N–C) groups is 2. The second kappa shape index (κ2) is 8.83. The van der Waals surface area contributed by atoms with Crippen LogP contribution in [-0.4, -0.2) is 46.8 Å². The van der Waals surface area contributed by atoms with Gasteiger partial charge in [-0.15, -0.1) is 12.4 Å². The Hall–Kier alpha value is -3.84. The number of aromatic nitrogens is 2. The van der Waals surface area contributed by atoms with Crippen molar-refractivity contribution < 1.29 is 9.84 Å². The Morgan fingerprint density at radius 1 is 0.971 bits per heavy atom. The van der Waals surface area contributed by atoms with Crippen LogP contribution in [0.1, 0.15) is 23.1 Å². The number of methoxy groups -OCH3 is 1. The fraction of sp³-hybridized carbons (Fsp3) is 0.192. The van der Waals surface area contributed by atoms with E-state index in [4.69, 9.17) is 9.73 Å². The lowest BCUT2D eigenvalue weighted by Gasteiger charge is -2.15. The Morgan fingerprint density at radius 3 is 2.62 bits per heavy atom. The van der Waals surface area contributed by atoms with Gasteiger partial charge in [-0.25, -0.2) is 4.98 Å². The van der Waals surface area contributed by atoms with E-state index in [1.54, 1.807) is 12.1 Å². The van der Waals surface area contributed by atoms with E-state index in [9.17, 15) is 5.11 Å². The summed E-state index contributed by atoms with van der Waals surface area (Å²) in [6.07, 6.45) is 1.87. The van der Waals surface area contributed by atoms with Gasteiger partial charge in [0.25, 0.3) is 0 Å². The maximum Gasteiger partial charge on any atom is 0.160 e. The lowest BCUT2D eigenvalue weighted by Crippen LogP contribution is -2.30. The molecule has 4 aromatic rings. The highest BCUT2D eigenvalue weighted by Crippen LogP contribution is 2.33. The number of hydrogen-bond acceptors (Lipinski definition) is 6. The number of amidine groups is 1. The van der Waals surface area contributed by atoms with Crippen molar-refractivity contribution in [3.05, 3.63) is 71.3 Å². The number of nitrogens with one attached hydrogen (secondary N) is 2. The Bertz CT molecular complexity index is 1460. The maximum atomic E-state index is 10.1. The third-order valence-electron chi connectivity index (χ3n) is 6.13. The summed E-state index contributed by atoms with van der Waals surface area (Å²) in [6, 6.07) is 17.8. The van der Waals surface area contributed by atoms with Crippen LogP contribution in [0.25, 0.3) is 22.4 Å². The molecule has 2 aliphatic rings. The molecular formula is C26H24ClN5O2. The van der Waals surface area contributed by atoms with Crippen molar-refractivity contribution >= 4 is 40.7 Å². The number of imidazole rings is 1. The molecule has 8 heteroatoms. The number of aromatic amines is 1. The monoisotopic (exact) mass is 473 g/mol. The SMILES string of the molecule is COc1ccc(-c2nc3ccc(C4=Nc5ccc(C6=NCCCN6)cc5C4)cc3[nH]2)cc1O.Cl. The van der Waals surface area contributed by atoms with E-state index in [0.29, 0.717) is 11.6 Å². The fourth-order valence-corrected chi connectivity index (χ4v) is 4.40. The zero-order valence-corrected chi connectivity index (χ0v) is 19.4. The first-order valence-corrected chi connectivity index (χ1v) is 11.0. The number of rotatable bonds is 4. The lowest BCUT2D eigenvalue weighted by molar-refractivity contribution is 0.373. The predicted molar refractivity (Wildman–Crippen MR) is 137 cm³/mol. The minimum absolute atomic E-state index is 0. The minimum atomic E-state index is 0. The number of nitrogens with zero attached hydrogens (tertiary/aromatic N) is 3. The first-order chi connectivity index (χ1) is 16.2. The predicted octanol–water partition coefficient (Wildman–Crippen LogP) is 4.78. The molecule has 0 unspecified atom stereocenters. The molecule has 6 rings (SSSR count). The van der Waals surface area contributed by atoms with E-state index in [1.807, 2.05) is 12.1 Å². The summed E-state index contributed by atoms with van der Waals surface area (Å²) in [6.45, 7) is 1.85. The molecule has 0 radical (unpaired) electrons. The van der Waals surface area contributed by atoms with E-state index in [2.05, 4.69) is 50.6 Å². The topological polar surface area (TPSA) is 94.9 Å². The van der Waals surface area contributed by atoms with Gasteiger partial charge < -0.3 is 20.1 Å². The Morgan fingerprint density at radius 2 is 1.82 bits per heavy atom. The fourth-order valence-electron chi connectivity index (χ4n) is 4.40. The highest BCUT2D eigenvalue weighted by atomic mass is 35.5. The van der Waals surface area contributed by atoms with Crippen molar-refractivity contribution in [2.45, 2.75) is 12.8 Å². The summed E-state index contributed by atoms with van der Waals surface area (Å²) in [5.74, 6) is 2.20. The van der Waals surface area contributed by atoms with Gasteiger partial charge in [-0.2, -0.15) is 0 Å². The second-order valence-electron chi connectivity index (χ2n) is 8.29. The zero-order chi connectivity index (χ0) is 22.4. The minimum Gasteiger partial charge on any atom is -0.504 e. The number of fused-ring (bicyclic) bond motifs is 2. The van der Waals surface area contributed by atoms with E-state index < -0.39 is 0 Å². The first kappa shape index (κ1) is 22.0. The molecule has 172 valence electrons. The van der Waals surface area contributed by atoms with Gasteiger partial charge in [0, 0.05) is 30.6 Å². The van der Waals surface area contributed by atoms with Crippen LogP contribution in [0.2, 0.25) is 0 Å². The van der Waals surface area contributed by atoms with Crippen LogP contribution < -0.4 is 10.1 Å². The van der Waals surface area contributed by atoms with Crippen molar-refractivity contribution in [3.63, 3.8) is 0 Å². The molecule has 0 saturated heterocycles. The van der Waals surface area contributed by atoms with Crippen molar-refractivity contribution in [1.29, 1.82) is 0 Å². The molecule has 0 amide bonds. The van der Waals surface area contributed by atoms with Crippen LogP contribution >= 0.6 is 12.4 Å². The number of halogens is 1. The Labute approximate surface area is 203 Å². The van der Waals surface area contributed by atoms with Crippen LogP contribution in [0.15, 0.2) is 64.6 Å². The molecular weight excluding hydrogens is 450 g/mol. The van der Waals surface area contributed by atoms with Gasteiger partial charge in [0.05, 0.1) is 29.5 Å². The summed E-state index contributed by atoms with van der Waals surface area (Å²) in [5, 5.41) is 13.5. The third-order valence-corrected chi connectivity index (χ3v) is 6.13. The molecule has 2 aliphatic heterocycles. The highest BCUT2D eigenvalue weighted by molar-refractivity contribution is 6.09. The van der Waals surface area contributed by atoms with Gasteiger partial charge in [0.15, 0.2) is 11.5 Å². The van der Waals surface area contributed by atoms with E-state index in [0.717, 1.165) is 70.9 Å². The molecule has 3 heterocycles. The number of aromatic hydroxyl groups is 1. The summed E-state index contributed by atoms with van der Waals surface area (Å²) in [5.41, 5.74) is 8.06. The van der Waals surface area contributed by atoms with Crippen LogP contribution in [0.4, 0.5) is 5.69 Å². The molecule has 0 atom stereocenters. The summed E-state index contributed by atoms with van der Waals surface area (Å²) in [7, 11) is 1.53. The molecule has 3 aromatic carbocycles. The average molecular weight is 474 g/mol. The van der Waals surface area contributed by atoms with E-state index in [1.165, 1.54) is 12.7 Å². The quantitative estimate of drug-likeness (QED) is 0.397. The van der Waals surface area contributed by atoms with Crippen LogP contribution in [0.5, 0.6) is 11.5 Å². The van der Waals surface area contributed by atoms with Crippen LogP contribution in [0, 0.1) is 0 Å². The van der Waals surface area contributed by atoms with E-state index >= 15 is 0 Å². The molecule has 0 saturated carbocycles. The first-order valence-electron chi connectivity index (χ1n) is 11.0. The number of ether oxygens (including phenoxy) is 1.